The summed E-state index contributed by atoms with van der Waals surface area (Å²) in [7, 11) is 1.37. The van der Waals surface area contributed by atoms with Crippen LogP contribution in [0.1, 0.15) is 57.4 Å². The van der Waals surface area contributed by atoms with E-state index in [1.165, 1.54) is 25.2 Å². The van der Waals surface area contributed by atoms with Gasteiger partial charge in [0.25, 0.3) is 0 Å². The summed E-state index contributed by atoms with van der Waals surface area (Å²) in [6, 6.07) is 5.71. The first-order chi connectivity index (χ1) is 12.0. The Kier molecular flexibility index (Phi) is 7.49. The normalized spacial score (nSPS) is 16.3. The van der Waals surface area contributed by atoms with Gasteiger partial charge in [-0.3, -0.25) is 0 Å². The third kappa shape index (κ3) is 5.57. The first kappa shape index (κ1) is 20.0. The SMILES string of the molecule is CCC[As](CC1CC1)c1ccc(C(CC)CC(=O)OC)cc1[N+](=O)[O-]. The monoisotopic (exact) mass is 409 g/mol. The minimum absolute atomic E-state index is 0.0317. The van der Waals surface area contributed by atoms with E-state index in [4.69, 9.17) is 4.74 Å². The van der Waals surface area contributed by atoms with Gasteiger partial charge in [0.15, 0.2) is 0 Å². The van der Waals surface area contributed by atoms with E-state index in [1.54, 1.807) is 6.07 Å². The number of nitrogens with zero attached hydrogens (tertiary/aromatic N) is 1. The summed E-state index contributed by atoms with van der Waals surface area (Å²) in [5.41, 5.74) is 1.15. The van der Waals surface area contributed by atoms with Crippen molar-refractivity contribution >= 4 is 30.7 Å². The topological polar surface area (TPSA) is 69.4 Å². The predicted octanol–water partition coefficient (Wildman–Crippen LogP) is 4.17. The standard InChI is InChI=1S/C19H28AsNO4/c1-4-10-20(13-14-6-7-14)17-9-8-16(11-18(17)21(23)24)15(5-2)12-19(22)25-3/h8-9,11,14-15H,4-7,10,12-13H2,1-3H3. The van der Waals surface area contributed by atoms with Gasteiger partial charge < -0.3 is 0 Å². The summed E-state index contributed by atoms with van der Waals surface area (Å²) < 4.78 is 5.76. The summed E-state index contributed by atoms with van der Waals surface area (Å²) in [5, 5.41) is 14.0. The molecule has 1 aromatic rings. The molecule has 6 heteroatoms. The molecule has 0 bridgehead atoms. The van der Waals surface area contributed by atoms with Crippen molar-refractivity contribution < 1.29 is 14.5 Å². The predicted molar refractivity (Wildman–Crippen MR) is 101 cm³/mol. The number of rotatable bonds is 10. The van der Waals surface area contributed by atoms with Crippen molar-refractivity contribution in [2.75, 3.05) is 7.11 Å². The zero-order chi connectivity index (χ0) is 18.4. The summed E-state index contributed by atoms with van der Waals surface area (Å²) in [6.07, 6.45) is 4.69. The Hall–Kier alpha value is -1.35. The van der Waals surface area contributed by atoms with Crippen molar-refractivity contribution in [1.29, 1.82) is 0 Å². The molecule has 0 heterocycles. The summed E-state index contributed by atoms with van der Waals surface area (Å²) in [5.74, 6) is 0.496. The first-order valence-corrected chi connectivity index (χ1v) is 12.7. The summed E-state index contributed by atoms with van der Waals surface area (Å²) >= 11 is -1.39. The van der Waals surface area contributed by atoms with E-state index in [9.17, 15) is 14.9 Å². The third-order valence-electron chi connectivity index (χ3n) is 4.81. The molecular formula is C19H28AsNO4. The number of carbonyl (C=O) groups excluding carboxylic acids is 1. The van der Waals surface area contributed by atoms with Crippen molar-refractivity contribution in [2.24, 2.45) is 5.92 Å². The minimum atomic E-state index is -1.39. The molecule has 2 rings (SSSR count). The van der Waals surface area contributed by atoms with Crippen molar-refractivity contribution in [3.63, 3.8) is 0 Å². The number of hydrogen-bond acceptors (Lipinski definition) is 4. The molecule has 2 unspecified atom stereocenters. The van der Waals surface area contributed by atoms with Gasteiger partial charge in [-0.05, 0) is 0 Å². The van der Waals surface area contributed by atoms with E-state index in [-0.39, 0.29) is 28.9 Å². The fourth-order valence-electron chi connectivity index (χ4n) is 3.18. The van der Waals surface area contributed by atoms with Crippen molar-refractivity contribution in [3.05, 3.63) is 33.9 Å². The summed E-state index contributed by atoms with van der Waals surface area (Å²) in [4.78, 5) is 23.1. The number of benzene rings is 1. The third-order valence-corrected chi connectivity index (χ3v) is 11.1. The van der Waals surface area contributed by atoms with Crippen LogP contribution in [0.4, 0.5) is 5.69 Å². The van der Waals surface area contributed by atoms with Crippen molar-refractivity contribution in [2.45, 2.75) is 62.3 Å². The van der Waals surface area contributed by atoms with Gasteiger partial charge in [-0.1, -0.05) is 0 Å². The van der Waals surface area contributed by atoms with Crippen LogP contribution in [-0.4, -0.2) is 32.7 Å². The van der Waals surface area contributed by atoms with Gasteiger partial charge in [0.2, 0.25) is 0 Å². The molecule has 0 aliphatic heterocycles. The van der Waals surface area contributed by atoms with Crippen LogP contribution in [0.3, 0.4) is 0 Å². The number of nitro groups is 1. The number of ether oxygens (including phenoxy) is 1. The zero-order valence-electron chi connectivity index (χ0n) is 15.4. The van der Waals surface area contributed by atoms with E-state index >= 15 is 0 Å². The number of methoxy groups -OCH3 is 1. The van der Waals surface area contributed by atoms with Crippen LogP contribution in [0.2, 0.25) is 10.4 Å². The van der Waals surface area contributed by atoms with Gasteiger partial charge >= 0.3 is 154 Å². The van der Waals surface area contributed by atoms with Gasteiger partial charge in [0.1, 0.15) is 0 Å². The van der Waals surface area contributed by atoms with Gasteiger partial charge in [-0.25, -0.2) is 0 Å². The van der Waals surface area contributed by atoms with Crippen LogP contribution in [0.15, 0.2) is 18.2 Å². The second-order valence-corrected chi connectivity index (χ2v) is 11.8. The molecule has 0 radical (unpaired) electrons. The Morgan fingerprint density at radius 1 is 1.40 bits per heavy atom. The molecule has 0 saturated heterocycles. The van der Waals surface area contributed by atoms with Crippen molar-refractivity contribution in [3.8, 4) is 0 Å². The van der Waals surface area contributed by atoms with Crippen LogP contribution >= 0.6 is 0 Å². The molecular weight excluding hydrogens is 381 g/mol. The Bertz CT molecular complexity index is 615. The molecule has 138 valence electrons. The van der Waals surface area contributed by atoms with Crippen LogP contribution in [-0.2, 0) is 9.53 Å². The average Bonchev–Trinajstić information content (AvgIpc) is 3.42. The molecule has 0 spiro atoms. The first-order valence-electron chi connectivity index (χ1n) is 9.10. The quantitative estimate of drug-likeness (QED) is 0.252. The number of hydrogen-bond donors (Lipinski definition) is 0. The molecule has 1 aromatic carbocycles. The molecule has 1 fully saturated rings. The molecule has 0 N–H and O–H groups in total. The van der Waals surface area contributed by atoms with Gasteiger partial charge in [-0.15, -0.1) is 0 Å². The molecule has 1 aliphatic rings. The Balaban J connectivity index is 2.31. The summed E-state index contributed by atoms with van der Waals surface area (Å²) in [6.45, 7) is 4.16. The number of nitro benzene ring substituents is 1. The molecule has 25 heavy (non-hydrogen) atoms. The Labute approximate surface area is 154 Å². The molecule has 1 saturated carbocycles. The van der Waals surface area contributed by atoms with Gasteiger partial charge in [-0.2, -0.15) is 0 Å². The van der Waals surface area contributed by atoms with Crippen molar-refractivity contribution in [1.82, 2.24) is 0 Å². The fraction of sp³-hybridized carbons (Fsp3) is 0.632. The average molecular weight is 409 g/mol. The molecule has 1 aliphatic carbocycles. The van der Waals surface area contributed by atoms with Gasteiger partial charge in [0.05, 0.1) is 0 Å². The van der Waals surface area contributed by atoms with E-state index in [0.717, 1.165) is 33.9 Å². The van der Waals surface area contributed by atoms with Crippen LogP contribution in [0.25, 0.3) is 0 Å². The Morgan fingerprint density at radius 2 is 2.12 bits per heavy atom. The van der Waals surface area contributed by atoms with E-state index in [2.05, 4.69) is 6.92 Å². The molecule has 0 amide bonds. The molecule has 5 nitrogen and oxygen atoms in total. The molecule has 0 aromatic heterocycles. The number of carbonyl (C=O) groups is 1. The second kappa shape index (κ2) is 9.37. The fourth-order valence-corrected chi connectivity index (χ4v) is 9.28. The second-order valence-electron chi connectivity index (χ2n) is 6.78. The number of esters is 1. The van der Waals surface area contributed by atoms with Crippen LogP contribution in [0, 0.1) is 16.0 Å². The van der Waals surface area contributed by atoms with Crippen LogP contribution in [0.5, 0.6) is 0 Å². The maximum atomic E-state index is 11.7. The molecule has 2 atom stereocenters. The van der Waals surface area contributed by atoms with Crippen LogP contribution < -0.4 is 4.35 Å². The van der Waals surface area contributed by atoms with E-state index in [1.807, 2.05) is 19.1 Å². The maximum absolute atomic E-state index is 11.7. The zero-order valence-corrected chi connectivity index (χ0v) is 17.2. The van der Waals surface area contributed by atoms with Gasteiger partial charge in [0, 0.05) is 0 Å². The Morgan fingerprint density at radius 3 is 2.64 bits per heavy atom. The van der Waals surface area contributed by atoms with E-state index < -0.39 is 14.7 Å². The van der Waals surface area contributed by atoms with E-state index in [0.29, 0.717) is 0 Å².